The van der Waals surface area contributed by atoms with Gasteiger partial charge >= 0.3 is 0 Å². The smallest absolute Gasteiger partial charge is 0.215 e. The van der Waals surface area contributed by atoms with Gasteiger partial charge in [0.05, 0.1) is 22.0 Å². The quantitative estimate of drug-likeness (QED) is 0.681. The van der Waals surface area contributed by atoms with E-state index in [0.29, 0.717) is 16.8 Å². The molecule has 1 aromatic heterocycles. The molecule has 0 fully saturated rings. The summed E-state index contributed by atoms with van der Waals surface area (Å²) in [5.74, 6) is -0.270. The van der Waals surface area contributed by atoms with E-state index in [1.165, 1.54) is 18.3 Å². The number of nitrogens with two attached hydrogens (primary N) is 1. The van der Waals surface area contributed by atoms with E-state index in [-0.39, 0.29) is 22.2 Å². The van der Waals surface area contributed by atoms with Gasteiger partial charge in [-0.3, -0.25) is 4.79 Å². The van der Waals surface area contributed by atoms with Gasteiger partial charge in [-0.05, 0) is 26.0 Å². The van der Waals surface area contributed by atoms with Gasteiger partial charge in [-0.2, -0.15) is 0 Å². The van der Waals surface area contributed by atoms with E-state index in [4.69, 9.17) is 5.73 Å². The minimum Gasteiger partial charge on any atom is -0.382 e. The van der Waals surface area contributed by atoms with Crippen LogP contribution < -0.4 is 5.73 Å². The van der Waals surface area contributed by atoms with Gasteiger partial charge in [-0.1, -0.05) is 42.5 Å². The number of benzene rings is 2. The molecule has 3 aromatic rings. The number of carbonyl (C=O) groups excluding carboxylic acids is 1. The maximum Gasteiger partial charge on any atom is 0.215 e. The van der Waals surface area contributed by atoms with Crippen molar-refractivity contribution in [1.82, 2.24) is 9.97 Å². The maximum atomic E-state index is 12.6. The van der Waals surface area contributed by atoms with Crippen LogP contribution in [0.1, 0.15) is 29.9 Å². The molecule has 0 bridgehead atoms. The molecule has 0 spiro atoms. The first kappa shape index (κ1) is 18.7. The number of anilines is 1. The largest absolute Gasteiger partial charge is 0.382 e. The van der Waals surface area contributed by atoms with Gasteiger partial charge in [-0.15, -0.1) is 0 Å². The Morgan fingerprint density at radius 2 is 1.63 bits per heavy atom. The standard InChI is InChI=1S/C20H19N3O3S/c1-13(2)27(25,26)16-10-8-14(9-11-16)17-12-22-20(21)18(23-17)19(24)15-6-4-3-5-7-15/h3-13H,1-2H3,(H2,21,22). The summed E-state index contributed by atoms with van der Waals surface area (Å²) in [6.45, 7) is 3.27. The lowest BCUT2D eigenvalue weighted by Crippen LogP contribution is -2.13. The van der Waals surface area contributed by atoms with Crippen LogP contribution in [0.25, 0.3) is 11.3 Å². The van der Waals surface area contributed by atoms with Crippen LogP contribution in [0.3, 0.4) is 0 Å². The number of rotatable bonds is 5. The first-order valence-electron chi connectivity index (χ1n) is 8.37. The molecule has 0 atom stereocenters. The van der Waals surface area contributed by atoms with Crippen molar-refractivity contribution < 1.29 is 13.2 Å². The van der Waals surface area contributed by atoms with Crippen molar-refractivity contribution >= 4 is 21.4 Å². The lowest BCUT2D eigenvalue weighted by Gasteiger charge is -2.09. The van der Waals surface area contributed by atoms with Gasteiger partial charge in [0.2, 0.25) is 5.78 Å². The Labute approximate surface area is 158 Å². The SMILES string of the molecule is CC(C)S(=O)(=O)c1ccc(-c2cnc(N)c(C(=O)c3ccccc3)n2)cc1. The van der Waals surface area contributed by atoms with Gasteiger partial charge in [0.15, 0.2) is 21.3 Å². The second kappa shape index (κ2) is 7.28. The lowest BCUT2D eigenvalue weighted by atomic mass is 10.1. The van der Waals surface area contributed by atoms with E-state index >= 15 is 0 Å². The van der Waals surface area contributed by atoms with E-state index in [1.54, 1.807) is 50.2 Å². The molecule has 0 aliphatic carbocycles. The van der Waals surface area contributed by atoms with Crippen molar-refractivity contribution in [2.45, 2.75) is 24.0 Å². The lowest BCUT2D eigenvalue weighted by molar-refractivity contribution is 0.103. The first-order chi connectivity index (χ1) is 12.8. The summed E-state index contributed by atoms with van der Waals surface area (Å²) >= 11 is 0. The van der Waals surface area contributed by atoms with Crippen LogP contribution in [0.2, 0.25) is 0 Å². The van der Waals surface area contributed by atoms with Crippen LogP contribution in [0.15, 0.2) is 65.7 Å². The Hall–Kier alpha value is -3.06. The van der Waals surface area contributed by atoms with Crippen LogP contribution in [0.5, 0.6) is 0 Å². The molecule has 0 aliphatic rings. The number of nitrogen functional groups attached to an aromatic ring is 1. The number of nitrogens with zero attached hydrogens (tertiary/aromatic N) is 2. The van der Waals surface area contributed by atoms with E-state index in [9.17, 15) is 13.2 Å². The maximum absolute atomic E-state index is 12.6. The summed E-state index contributed by atoms with van der Waals surface area (Å²) in [5.41, 5.74) is 7.47. The summed E-state index contributed by atoms with van der Waals surface area (Å²) < 4.78 is 24.5. The summed E-state index contributed by atoms with van der Waals surface area (Å²) in [5, 5.41) is -0.505. The van der Waals surface area contributed by atoms with Crippen LogP contribution in [-0.2, 0) is 9.84 Å². The third-order valence-electron chi connectivity index (χ3n) is 4.15. The van der Waals surface area contributed by atoms with Gasteiger partial charge in [0.1, 0.15) is 0 Å². The van der Waals surface area contributed by atoms with E-state index < -0.39 is 15.1 Å². The number of sulfone groups is 1. The molecule has 2 aromatic carbocycles. The average Bonchev–Trinajstić information content (AvgIpc) is 2.68. The zero-order valence-corrected chi connectivity index (χ0v) is 15.8. The van der Waals surface area contributed by atoms with Crippen molar-refractivity contribution in [2.75, 3.05) is 5.73 Å². The number of hydrogen-bond acceptors (Lipinski definition) is 6. The molecular weight excluding hydrogens is 362 g/mol. The van der Waals surface area contributed by atoms with Crippen LogP contribution in [-0.4, -0.2) is 29.4 Å². The Balaban J connectivity index is 1.98. The molecule has 3 rings (SSSR count). The monoisotopic (exact) mass is 381 g/mol. The van der Waals surface area contributed by atoms with Gasteiger partial charge in [-0.25, -0.2) is 18.4 Å². The second-order valence-corrected chi connectivity index (χ2v) is 8.81. The Kier molecular flexibility index (Phi) is 5.05. The average molecular weight is 381 g/mol. The molecular formula is C20H19N3O3S. The first-order valence-corrected chi connectivity index (χ1v) is 9.92. The van der Waals surface area contributed by atoms with Gasteiger partial charge in [0, 0.05) is 11.1 Å². The zero-order valence-electron chi connectivity index (χ0n) is 15.0. The van der Waals surface area contributed by atoms with E-state index in [0.717, 1.165) is 0 Å². The molecule has 7 heteroatoms. The van der Waals surface area contributed by atoms with Crippen molar-refractivity contribution in [3.63, 3.8) is 0 Å². The minimum absolute atomic E-state index is 0.0478. The Morgan fingerprint density at radius 1 is 1.00 bits per heavy atom. The zero-order chi connectivity index (χ0) is 19.6. The number of carbonyl (C=O) groups is 1. The molecule has 0 saturated carbocycles. The fourth-order valence-electron chi connectivity index (χ4n) is 2.52. The minimum atomic E-state index is -3.35. The highest BCUT2D eigenvalue weighted by molar-refractivity contribution is 7.92. The van der Waals surface area contributed by atoms with E-state index in [1.807, 2.05) is 6.07 Å². The molecule has 6 nitrogen and oxygen atoms in total. The van der Waals surface area contributed by atoms with Crippen molar-refractivity contribution in [2.24, 2.45) is 0 Å². The third kappa shape index (κ3) is 3.73. The number of ketones is 1. The molecule has 0 radical (unpaired) electrons. The normalized spacial score (nSPS) is 11.5. The van der Waals surface area contributed by atoms with Crippen molar-refractivity contribution in [3.8, 4) is 11.3 Å². The van der Waals surface area contributed by atoms with Gasteiger partial charge < -0.3 is 5.73 Å². The highest BCUT2D eigenvalue weighted by Gasteiger charge is 2.20. The molecule has 1 heterocycles. The number of hydrogen-bond donors (Lipinski definition) is 1. The fourth-order valence-corrected chi connectivity index (χ4v) is 3.58. The van der Waals surface area contributed by atoms with Crippen molar-refractivity contribution in [1.29, 1.82) is 0 Å². The topological polar surface area (TPSA) is 103 Å². The highest BCUT2D eigenvalue weighted by atomic mass is 32.2. The highest BCUT2D eigenvalue weighted by Crippen LogP contribution is 2.23. The van der Waals surface area contributed by atoms with Crippen LogP contribution in [0.4, 0.5) is 5.82 Å². The Bertz CT molecular complexity index is 1080. The second-order valence-electron chi connectivity index (χ2n) is 6.30. The molecule has 0 unspecified atom stereocenters. The third-order valence-corrected chi connectivity index (χ3v) is 6.32. The van der Waals surface area contributed by atoms with Crippen LogP contribution in [0, 0.1) is 0 Å². The van der Waals surface area contributed by atoms with Crippen LogP contribution >= 0.6 is 0 Å². The molecule has 27 heavy (non-hydrogen) atoms. The fraction of sp³-hybridized carbons (Fsp3) is 0.150. The van der Waals surface area contributed by atoms with Gasteiger partial charge in [0.25, 0.3) is 0 Å². The molecule has 2 N–H and O–H groups in total. The predicted molar refractivity (Wildman–Crippen MR) is 104 cm³/mol. The summed E-state index contributed by atoms with van der Waals surface area (Å²) in [6, 6.07) is 15.0. The summed E-state index contributed by atoms with van der Waals surface area (Å²) in [7, 11) is -3.35. The van der Waals surface area contributed by atoms with E-state index in [2.05, 4.69) is 9.97 Å². The number of aromatic nitrogens is 2. The molecule has 0 saturated heterocycles. The Morgan fingerprint density at radius 3 is 2.22 bits per heavy atom. The summed E-state index contributed by atoms with van der Waals surface area (Å²) in [4.78, 5) is 21.3. The summed E-state index contributed by atoms with van der Waals surface area (Å²) in [6.07, 6.45) is 1.46. The van der Waals surface area contributed by atoms with Crippen molar-refractivity contribution in [3.05, 3.63) is 72.1 Å². The molecule has 138 valence electrons. The predicted octanol–water partition coefficient (Wildman–Crippen LogP) is 3.14. The molecule has 0 aliphatic heterocycles. The molecule has 0 amide bonds.